The van der Waals surface area contributed by atoms with Crippen LogP contribution < -0.4 is 0 Å². The predicted octanol–water partition coefficient (Wildman–Crippen LogP) is 7.19. The molecule has 0 bridgehead atoms. The molecule has 0 radical (unpaired) electrons. The van der Waals surface area contributed by atoms with Gasteiger partial charge in [0.1, 0.15) is 11.4 Å². The second-order valence-electron chi connectivity index (χ2n) is 7.56. The van der Waals surface area contributed by atoms with Crippen LogP contribution in [0.2, 0.25) is 0 Å². The third-order valence-electron chi connectivity index (χ3n) is 5.23. The molecule has 166 valence electrons. The van der Waals surface area contributed by atoms with Crippen molar-refractivity contribution >= 4 is 38.2 Å². The minimum absolute atomic E-state index is 0.384. The van der Waals surface area contributed by atoms with Crippen molar-refractivity contribution in [1.82, 2.24) is 0 Å². The zero-order valence-corrected chi connectivity index (χ0v) is 20.7. The highest BCUT2D eigenvalue weighted by Crippen LogP contribution is 2.28. The molecule has 0 aliphatic carbocycles. The van der Waals surface area contributed by atoms with E-state index >= 15 is 0 Å². The van der Waals surface area contributed by atoms with E-state index in [1.165, 1.54) is 31.0 Å². The largest absolute Gasteiger partial charge is 0.474 e. The van der Waals surface area contributed by atoms with Gasteiger partial charge >= 0.3 is 0 Å². The Morgan fingerprint density at radius 1 is 0.931 bits per heavy atom. The highest BCUT2D eigenvalue weighted by Gasteiger charge is 2.36. The number of benzene rings is 1. The molecule has 1 rings (SSSR count). The summed E-state index contributed by atoms with van der Waals surface area (Å²) in [6.07, 6.45) is 12.7. The van der Waals surface area contributed by atoms with E-state index in [4.69, 9.17) is 17.0 Å². The van der Waals surface area contributed by atoms with E-state index in [0.717, 1.165) is 44.9 Å². The van der Waals surface area contributed by atoms with Crippen molar-refractivity contribution in [3.63, 3.8) is 0 Å². The Labute approximate surface area is 188 Å². The summed E-state index contributed by atoms with van der Waals surface area (Å²) in [5.41, 5.74) is 0. The standard InChI is InChI=1S/C23H38O3S3/c1-4-6-8-10-14-18-21(26-23(27)28-3)22(19-15-9-7-5-2)29(24,25)20-16-12-11-13-17-20/h11-13,16-17,21-22H,4-10,14-15,18-19H2,1-3H3. The molecule has 29 heavy (non-hydrogen) atoms. The first-order chi connectivity index (χ1) is 14.0. The molecule has 2 unspecified atom stereocenters. The third-order valence-corrected chi connectivity index (χ3v) is 8.53. The Balaban J connectivity index is 3.04. The maximum Gasteiger partial charge on any atom is 0.220 e. The summed E-state index contributed by atoms with van der Waals surface area (Å²) in [5.74, 6) is 0. The molecule has 0 saturated carbocycles. The highest BCUT2D eigenvalue weighted by atomic mass is 32.2. The van der Waals surface area contributed by atoms with Gasteiger partial charge in [0.2, 0.25) is 4.38 Å². The van der Waals surface area contributed by atoms with Crippen molar-refractivity contribution in [2.24, 2.45) is 0 Å². The van der Waals surface area contributed by atoms with Gasteiger partial charge in [0.15, 0.2) is 9.84 Å². The van der Waals surface area contributed by atoms with E-state index in [1.54, 1.807) is 24.3 Å². The maximum atomic E-state index is 13.5. The molecular formula is C23H38O3S3. The van der Waals surface area contributed by atoms with Crippen LogP contribution in [0.3, 0.4) is 0 Å². The Kier molecular flexibility index (Phi) is 13.9. The quantitative estimate of drug-likeness (QED) is 0.205. The Morgan fingerprint density at radius 2 is 1.48 bits per heavy atom. The molecule has 0 saturated heterocycles. The second kappa shape index (κ2) is 15.2. The number of hydrogen-bond donors (Lipinski definition) is 0. The number of ether oxygens (including phenoxy) is 1. The fourth-order valence-corrected chi connectivity index (χ4v) is 5.84. The molecule has 0 N–H and O–H groups in total. The summed E-state index contributed by atoms with van der Waals surface area (Å²) >= 11 is 6.68. The van der Waals surface area contributed by atoms with Gasteiger partial charge in [-0.3, -0.25) is 0 Å². The lowest BCUT2D eigenvalue weighted by molar-refractivity contribution is 0.173. The van der Waals surface area contributed by atoms with Crippen molar-refractivity contribution in [1.29, 1.82) is 0 Å². The van der Waals surface area contributed by atoms with Crippen molar-refractivity contribution in [3.05, 3.63) is 30.3 Å². The van der Waals surface area contributed by atoms with Gasteiger partial charge in [0.05, 0.1) is 4.90 Å². The molecule has 1 aromatic carbocycles. The molecule has 0 aliphatic heterocycles. The fraction of sp³-hybridized carbons (Fsp3) is 0.696. The van der Waals surface area contributed by atoms with E-state index in [9.17, 15) is 8.42 Å². The predicted molar refractivity (Wildman–Crippen MR) is 131 cm³/mol. The van der Waals surface area contributed by atoms with Crippen LogP contribution in [0.25, 0.3) is 0 Å². The van der Waals surface area contributed by atoms with Crippen molar-refractivity contribution in [2.75, 3.05) is 6.26 Å². The van der Waals surface area contributed by atoms with Crippen molar-refractivity contribution < 1.29 is 13.2 Å². The zero-order chi connectivity index (χ0) is 21.5. The minimum Gasteiger partial charge on any atom is -0.474 e. The van der Waals surface area contributed by atoms with E-state index in [2.05, 4.69) is 13.8 Å². The summed E-state index contributed by atoms with van der Waals surface area (Å²) in [6, 6.07) is 8.81. The molecule has 0 fully saturated rings. The lowest BCUT2D eigenvalue weighted by Crippen LogP contribution is -2.37. The minimum atomic E-state index is -3.48. The van der Waals surface area contributed by atoms with Crippen LogP contribution in [0.5, 0.6) is 0 Å². The Bertz CT molecular complexity index is 659. The third kappa shape index (κ3) is 9.84. The van der Waals surface area contributed by atoms with E-state index < -0.39 is 15.1 Å². The van der Waals surface area contributed by atoms with Crippen LogP contribution in [-0.4, -0.2) is 30.4 Å². The summed E-state index contributed by atoms with van der Waals surface area (Å²) < 4.78 is 33.5. The lowest BCUT2D eigenvalue weighted by atomic mass is 10.0. The average molecular weight is 459 g/mol. The smallest absolute Gasteiger partial charge is 0.220 e. The molecule has 0 heterocycles. The first kappa shape index (κ1) is 26.4. The van der Waals surface area contributed by atoms with Gasteiger partial charge in [-0.2, -0.15) is 0 Å². The summed E-state index contributed by atoms with van der Waals surface area (Å²) in [4.78, 5) is 0.384. The van der Waals surface area contributed by atoms with Gasteiger partial charge in [-0.05, 0) is 49.9 Å². The first-order valence-corrected chi connectivity index (χ1v) is 14.2. The number of sulfone groups is 1. The van der Waals surface area contributed by atoms with Crippen LogP contribution in [0.1, 0.15) is 84.5 Å². The molecule has 0 amide bonds. The summed E-state index contributed by atoms with van der Waals surface area (Å²) in [6.45, 7) is 4.36. The van der Waals surface area contributed by atoms with E-state index in [-0.39, 0.29) is 6.10 Å². The molecule has 2 atom stereocenters. The van der Waals surface area contributed by atoms with Gasteiger partial charge in [0, 0.05) is 0 Å². The Morgan fingerprint density at radius 3 is 2.07 bits per heavy atom. The summed E-state index contributed by atoms with van der Waals surface area (Å²) in [7, 11) is -3.48. The topological polar surface area (TPSA) is 43.4 Å². The van der Waals surface area contributed by atoms with E-state index in [0.29, 0.717) is 15.7 Å². The van der Waals surface area contributed by atoms with Crippen molar-refractivity contribution in [3.8, 4) is 0 Å². The van der Waals surface area contributed by atoms with Crippen LogP contribution in [-0.2, 0) is 14.6 Å². The zero-order valence-electron chi connectivity index (χ0n) is 18.3. The SMILES string of the molecule is CCCCCCCC(OC(=S)SC)C(CCCCCC)S(=O)(=O)c1ccccc1. The average Bonchev–Trinajstić information content (AvgIpc) is 2.73. The normalized spacial score (nSPS) is 13.8. The van der Waals surface area contributed by atoms with Crippen LogP contribution in [0, 0.1) is 0 Å². The van der Waals surface area contributed by atoms with Crippen molar-refractivity contribution in [2.45, 2.75) is 101 Å². The molecule has 3 nitrogen and oxygen atoms in total. The van der Waals surface area contributed by atoms with Gasteiger partial charge in [-0.25, -0.2) is 8.42 Å². The van der Waals surface area contributed by atoms with Gasteiger partial charge in [-0.15, -0.1) is 0 Å². The first-order valence-electron chi connectivity index (χ1n) is 11.0. The van der Waals surface area contributed by atoms with Gasteiger partial charge in [0.25, 0.3) is 0 Å². The number of rotatable bonds is 15. The number of thioether (sulfide) groups is 1. The monoisotopic (exact) mass is 458 g/mol. The van der Waals surface area contributed by atoms with Crippen LogP contribution >= 0.6 is 24.0 Å². The van der Waals surface area contributed by atoms with Crippen LogP contribution in [0.15, 0.2) is 35.2 Å². The van der Waals surface area contributed by atoms with E-state index in [1.807, 2.05) is 12.3 Å². The molecule has 0 spiro atoms. The molecule has 0 aliphatic rings. The number of hydrogen-bond acceptors (Lipinski definition) is 5. The molecular weight excluding hydrogens is 420 g/mol. The maximum absolute atomic E-state index is 13.5. The highest BCUT2D eigenvalue weighted by molar-refractivity contribution is 8.22. The number of unbranched alkanes of at least 4 members (excludes halogenated alkanes) is 7. The van der Waals surface area contributed by atoms with Crippen LogP contribution in [0.4, 0.5) is 0 Å². The molecule has 6 heteroatoms. The fourth-order valence-electron chi connectivity index (χ4n) is 3.54. The summed E-state index contributed by atoms with van der Waals surface area (Å²) in [5, 5.41) is -0.557. The van der Waals surface area contributed by atoms with Gasteiger partial charge in [-0.1, -0.05) is 95.2 Å². The molecule has 1 aromatic rings. The lowest BCUT2D eigenvalue weighted by Gasteiger charge is -2.28. The number of thiocarbonyl (C=S) groups is 1. The Hall–Kier alpha value is -0.590. The second-order valence-corrected chi connectivity index (χ2v) is 11.1. The molecule has 0 aromatic heterocycles. The van der Waals surface area contributed by atoms with Gasteiger partial charge < -0.3 is 4.74 Å².